The predicted octanol–water partition coefficient (Wildman–Crippen LogP) is 1.54. The minimum Gasteiger partial charge on any atom is -0.486 e. The van der Waals surface area contributed by atoms with Crippen LogP contribution in [0.5, 0.6) is 11.5 Å². The molecule has 1 atom stereocenters. The highest BCUT2D eigenvalue weighted by Crippen LogP contribution is 2.38. The number of carbonyl (C=O) groups excluding carboxylic acids is 1. The average Bonchev–Trinajstić information content (AvgIpc) is 2.54. The first kappa shape index (κ1) is 16.1. The fourth-order valence-corrected chi connectivity index (χ4v) is 3.20. The molecule has 3 rings (SSSR count). The molecule has 1 aromatic carbocycles. The van der Waals surface area contributed by atoms with Crippen molar-refractivity contribution in [3.05, 3.63) is 22.2 Å². The van der Waals surface area contributed by atoms with Crippen LogP contribution in [0.15, 0.2) is 16.6 Å². The molecule has 8 heteroatoms. The average molecular weight is 386 g/mol. The lowest BCUT2D eigenvalue weighted by Gasteiger charge is -2.32. The zero-order valence-electron chi connectivity index (χ0n) is 12.3. The van der Waals surface area contributed by atoms with Gasteiger partial charge in [-0.05, 0) is 28.1 Å². The molecular formula is C15H16BrNO6. The van der Waals surface area contributed by atoms with Crippen molar-refractivity contribution in [3.63, 3.8) is 0 Å². The van der Waals surface area contributed by atoms with Crippen LogP contribution in [0.3, 0.4) is 0 Å². The van der Waals surface area contributed by atoms with Crippen molar-refractivity contribution in [3.8, 4) is 11.5 Å². The summed E-state index contributed by atoms with van der Waals surface area (Å²) in [5, 5.41) is 8.86. The quantitative estimate of drug-likeness (QED) is 0.849. The summed E-state index contributed by atoms with van der Waals surface area (Å²) in [7, 11) is 0. The highest BCUT2D eigenvalue weighted by atomic mass is 79.9. The Labute approximate surface area is 141 Å². The molecule has 1 N–H and O–H groups in total. The summed E-state index contributed by atoms with van der Waals surface area (Å²) in [5.41, 5.74) is 0.470. The van der Waals surface area contributed by atoms with E-state index in [0.717, 1.165) is 0 Å². The van der Waals surface area contributed by atoms with Gasteiger partial charge in [-0.3, -0.25) is 9.59 Å². The Morgan fingerprint density at radius 1 is 1.26 bits per heavy atom. The van der Waals surface area contributed by atoms with Crippen LogP contribution in [0, 0.1) is 0 Å². The summed E-state index contributed by atoms with van der Waals surface area (Å²) in [4.78, 5) is 25.1. The van der Waals surface area contributed by atoms with Crippen molar-refractivity contribution in [2.75, 3.05) is 32.9 Å². The molecule has 0 saturated carbocycles. The molecule has 1 amide bonds. The minimum absolute atomic E-state index is 0.116. The maximum Gasteiger partial charge on any atom is 0.306 e. The number of nitrogens with zero attached hydrogens (tertiary/aromatic N) is 1. The number of rotatable bonds is 3. The zero-order valence-corrected chi connectivity index (χ0v) is 13.9. The highest BCUT2D eigenvalue weighted by molar-refractivity contribution is 9.10. The summed E-state index contributed by atoms with van der Waals surface area (Å²) in [6.07, 6.45) is -0.597. The van der Waals surface area contributed by atoms with Gasteiger partial charge in [0.15, 0.2) is 11.5 Å². The second-order valence-electron chi connectivity index (χ2n) is 5.32. The summed E-state index contributed by atoms with van der Waals surface area (Å²) in [6.45, 7) is 1.93. The number of benzene rings is 1. The van der Waals surface area contributed by atoms with Gasteiger partial charge in [-0.1, -0.05) is 0 Å². The SMILES string of the molecule is O=C(O)C[C@@H]1CN(C(=O)c2cc(Br)c3c(c2)OCCO3)CCO1. The number of hydrogen-bond acceptors (Lipinski definition) is 5. The Hall–Kier alpha value is -1.80. The molecule has 1 fully saturated rings. The zero-order chi connectivity index (χ0) is 16.4. The lowest BCUT2D eigenvalue weighted by molar-refractivity contribution is -0.141. The van der Waals surface area contributed by atoms with Crippen LogP contribution >= 0.6 is 15.9 Å². The van der Waals surface area contributed by atoms with Gasteiger partial charge < -0.3 is 24.2 Å². The lowest BCUT2D eigenvalue weighted by atomic mass is 10.1. The number of aliphatic carboxylic acids is 1. The topological polar surface area (TPSA) is 85.3 Å². The van der Waals surface area contributed by atoms with Crippen molar-refractivity contribution in [2.24, 2.45) is 0 Å². The van der Waals surface area contributed by atoms with E-state index < -0.39 is 12.1 Å². The Morgan fingerprint density at radius 2 is 2.04 bits per heavy atom. The van der Waals surface area contributed by atoms with E-state index >= 15 is 0 Å². The summed E-state index contributed by atoms with van der Waals surface area (Å²) in [6, 6.07) is 3.35. The van der Waals surface area contributed by atoms with Gasteiger partial charge in [0.25, 0.3) is 5.91 Å². The molecule has 0 aromatic heterocycles. The Balaban J connectivity index is 1.77. The number of carboxylic acids is 1. The van der Waals surface area contributed by atoms with Gasteiger partial charge in [0.05, 0.1) is 23.6 Å². The van der Waals surface area contributed by atoms with E-state index in [9.17, 15) is 9.59 Å². The molecule has 0 radical (unpaired) electrons. The number of amides is 1. The van der Waals surface area contributed by atoms with Gasteiger partial charge >= 0.3 is 5.97 Å². The maximum absolute atomic E-state index is 12.7. The van der Waals surface area contributed by atoms with E-state index in [2.05, 4.69) is 15.9 Å². The van der Waals surface area contributed by atoms with Crippen LogP contribution in [0.4, 0.5) is 0 Å². The Kier molecular flexibility index (Phi) is 4.72. The third-order valence-corrected chi connectivity index (χ3v) is 4.26. The summed E-state index contributed by atoms with van der Waals surface area (Å²) >= 11 is 3.39. The first-order chi connectivity index (χ1) is 11.0. The molecule has 0 bridgehead atoms. The number of carbonyl (C=O) groups is 2. The molecule has 1 aromatic rings. The molecule has 2 aliphatic heterocycles. The molecular weight excluding hydrogens is 370 g/mol. The fraction of sp³-hybridized carbons (Fsp3) is 0.467. The van der Waals surface area contributed by atoms with Crippen molar-refractivity contribution in [2.45, 2.75) is 12.5 Å². The van der Waals surface area contributed by atoms with Gasteiger partial charge in [0.1, 0.15) is 13.2 Å². The monoisotopic (exact) mass is 385 g/mol. The van der Waals surface area contributed by atoms with Crippen molar-refractivity contribution >= 4 is 27.8 Å². The number of halogens is 1. The maximum atomic E-state index is 12.7. The Morgan fingerprint density at radius 3 is 2.83 bits per heavy atom. The highest BCUT2D eigenvalue weighted by Gasteiger charge is 2.28. The summed E-state index contributed by atoms with van der Waals surface area (Å²) < 4.78 is 17.1. The molecule has 0 unspecified atom stereocenters. The fourth-order valence-electron chi connectivity index (χ4n) is 2.64. The second kappa shape index (κ2) is 6.76. The molecule has 2 aliphatic rings. The first-order valence-corrected chi connectivity index (χ1v) is 8.05. The smallest absolute Gasteiger partial charge is 0.306 e. The third-order valence-electron chi connectivity index (χ3n) is 3.67. The minimum atomic E-state index is -0.939. The van der Waals surface area contributed by atoms with Gasteiger partial charge in [-0.2, -0.15) is 0 Å². The van der Waals surface area contributed by atoms with E-state index in [-0.39, 0.29) is 18.9 Å². The standard InChI is InChI=1S/C15H16BrNO6/c16-11-5-9(6-12-14(11)23-4-3-22-12)15(20)17-1-2-21-10(8-17)7-13(18)19/h5-6,10H,1-4,7-8H2,(H,18,19)/t10-/m1/s1. The van der Waals surface area contributed by atoms with E-state index in [1.165, 1.54) is 0 Å². The molecule has 124 valence electrons. The van der Waals surface area contributed by atoms with Crippen molar-refractivity contribution in [1.82, 2.24) is 4.90 Å². The van der Waals surface area contributed by atoms with Crippen LogP contribution < -0.4 is 9.47 Å². The number of morpholine rings is 1. The van der Waals surface area contributed by atoms with E-state index in [0.29, 0.717) is 47.9 Å². The van der Waals surface area contributed by atoms with Gasteiger partial charge in [-0.25, -0.2) is 0 Å². The van der Waals surface area contributed by atoms with Crippen LogP contribution in [0.1, 0.15) is 16.8 Å². The van der Waals surface area contributed by atoms with Crippen LogP contribution in [-0.2, 0) is 9.53 Å². The first-order valence-electron chi connectivity index (χ1n) is 7.26. The molecule has 0 spiro atoms. The van der Waals surface area contributed by atoms with Crippen LogP contribution in [0.2, 0.25) is 0 Å². The molecule has 1 saturated heterocycles. The molecule has 2 heterocycles. The van der Waals surface area contributed by atoms with Crippen LogP contribution in [0.25, 0.3) is 0 Å². The van der Waals surface area contributed by atoms with Crippen molar-refractivity contribution in [1.29, 1.82) is 0 Å². The second-order valence-corrected chi connectivity index (χ2v) is 6.18. The van der Waals surface area contributed by atoms with E-state index in [1.807, 2.05) is 0 Å². The predicted molar refractivity (Wildman–Crippen MR) is 83.0 cm³/mol. The molecule has 7 nitrogen and oxygen atoms in total. The number of fused-ring (bicyclic) bond motifs is 1. The number of ether oxygens (including phenoxy) is 3. The third kappa shape index (κ3) is 3.59. The van der Waals surface area contributed by atoms with Crippen molar-refractivity contribution < 1.29 is 28.9 Å². The van der Waals surface area contributed by atoms with Crippen LogP contribution in [-0.4, -0.2) is 60.9 Å². The normalized spacial score (nSPS) is 20.2. The van der Waals surface area contributed by atoms with Gasteiger partial charge in [-0.15, -0.1) is 0 Å². The molecule has 0 aliphatic carbocycles. The van der Waals surface area contributed by atoms with E-state index in [1.54, 1.807) is 17.0 Å². The largest absolute Gasteiger partial charge is 0.486 e. The summed E-state index contributed by atoms with van der Waals surface area (Å²) in [5.74, 6) is 0.00980. The number of carboxylic acid groups (broad SMARTS) is 1. The van der Waals surface area contributed by atoms with Gasteiger partial charge in [0.2, 0.25) is 0 Å². The van der Waals surface area contributed by atoms with Gasteiger partial charge in [0, 0.05) is 18.7 Å². The Bertz CT molecular complexity index is 635. The van der Waals surface area contributed by atoms with E-state index in [4.69, 9.17) is 19.3 Å². The number of hydrogen-bond donors (Lipinski definition) is 1. The molecule has 23 heavy (non-hydrogen) atoms. The lowest BCUT2D eigenvalue weighted by Crippen LogP contribution is -2.46.